The number of amides is 1. The summed E-state index contributed by atoms with van der Waals surface area (Å²) in [4.78, 5) is 15.6. The second-order valence-corrected chi connectivity index (χ2v) is 9.14. The number of aliphatic hydroxyl groups is 2. The lowest BCUT2D eigenvalue weighted by molar-refractivity contribution is -0.330. The first kappa shape index (κ1) is 18.6. The zero-order valence-corrected chi connectivity index (χ0v) is 16.2. The van der Waals surface area contributed by atoms with Crippen molar-refractivity contribution in [1.29, 1.82) is 0 Å². The molecule has 0 aromatic rings. The Hall–Kier alpha value is -0.730. The van der Waals surface area contributed by atoms with Crippen LogP contribution in [-0.4, -0.2) is 76.4 Å². The number of carbonyl (C=O) groups excluding carboxylic acids is 1. The third-order valence-electron chi connectivity index (χ3n) is 7.86. The van der Waals surface area contributed by atoms with Gasteiger partial charge in [-0.2, -0.15) is 0 Å². The summed E-state index contributed by atoms with van der Waals surface area (Å²) in [6.07, 6.45) is 2.07. The van der Waals surface area contributed by atoms with E-state index in [4.69, 9.17) is 9.47 Å². The second-order valence-electron chi connectivity index (χ2n) is 9.14. The number of nitrogens with zero attached hydrogens (tertiary/aromatic N) is 1. The van der Waals surface area contributed by atoms with E-state index in [1.54, 1.807) is 7.05 Å². The summed E-state index contributed by atoms with van der Waals surface area (Å²) in [7, 11) is 1.76. The molecule has 1 saturated carbocycles. The number of ether oxygens (including phenoxy) is 2. The van der Waals surface area contributed by atoms with Crippen molar-refractivity contribution in [3.8, 4) is 0 Å². The molecule has 0 bridgehead atoms. The van der Waals surface area contributed by atoms with E-state index in [-0.39, 0.29) is 18.0 Å². The molecule has 0 aromatic carbocycles. The van der Waals surface area contributed by atoms with Gasteiger partial charge in [-0.05, 0) is 39.7 Å². The van der Waals surface area contributed by atoms with Gasteiger partial charge in [-0.15, -0.1) is 0 Å². The number of nitrogens with one attached hydrogen (secondary N) is 1. The Morgan fingerprint density at radius 3 is 2.46 bits per heavy atom. The Bertz CT molecular complexity index is 605. The number of hydrogen-bond acceptors (Lipinski definition) is 6. The van der Waals surface area contributed by atoms with Crippen LogP contribution in [0.2, 0.25) is 0 Å². The van der Waals surface area contributed by atoms with Gasteiger partial charge in [-0.1, -0.05) is 13.8 Å². The van der Waals surface area contributed by atoms with Crippen LogP contribution in [0.1, 0.15) is 52.9 Å². The smallest absolute Gasteiger partial charge is 0.246 e. The quantitative estimate of drug-likeness (QED) is 0.620. The van der Waals surface area contributed by atoms with Crippen molar-refractivity contribution < 1.29 is 24.5 Å². The standard InChI is InChI=1S/C19H32N2O5/c1-12-9-14(22)10-13-11-18(24)16(2,3)19(25-7-8-26-19)6-5-17(18,20-4)15(23)21(12)13/h12-14,20,22,24H,5-11H2,1-4H3/t12-,13+,14+,17+,18-/m1/s1. The predicted octanol–water partition coefficient (Wildman–Crippen LogP) is 0.383. The molecule has 4 rings (SSSR count). The Labute approximate surface area is 155 Å². The molecule has 0 unspecified atom stereocenters. The molecule has 3 N–H and O–H groups in total. The number of rotatable bonds is 1. The Morgan fingerprint density at radius 2 is 1.85 bits per heavy atom. The van der Waals surface area contributed by atoms with Crippen LogP contribution in [0.4, 0.5) is 0 Å². The van der Waals surface area contributed by atoms with Crippen LogP contribution in [0.15, 0.2) is 0 Å². The summed E-state index contributed by atoms with van der Waals surface area (Å²) in [6.45, 7) is 6.90. The van der Waals surface area contributed by atoms with Gasteiger partial charge in [-0.25, -0.2) is 0 Å². The summed E-state index contributed by atoms with van der Waals surface area (Å²) >= 11 is 0. The van der Waals surface area contributed by atoms with Gasteiger partial charge in [0.05, 0.1) is 19.3 Å². The van der Waals surface area contributed by atoms with Crippen molar-refractivity contribution in [3.05, 3.63) is 0 Å². The van der Waals surface area contributed by atoms with Crippen LogP contribution >= 0.6 is 0 Å². The van der Waals surface area contributed by atoms with Gasteiger partial charge in [0.1, 0.15) is 11.1 Å². The van der Waals surface area contributed by atoms with Gasteiger partial charge < -0.3 is 29.9 Å². The van der Waals surface area contributed by atoms with Gasteiger partial charge in [0, 0.05) is 23.9 Å². The van der Waals surface area contributed by atoms with Crippen LogP contribution in [0, 0.1) is 5.41 Å². The number of likely N-dealkylation sites (N-methyl/N-ethyl adjacent to an activating group) is 1. The normalized spacial score (nSPS) is 46.9. The Morgan fingerprint density at radius 1 is 1.19 bits per heavy atom. The minimum absolute atomic E-state index is 0.0380. The summed E-state index contributed by atoms with van der Waals surface area (Å²) in [5.41, 5.74) is -3.19. The fourth-order valence-electron chi connectivity index (χ4n) is 6.33. The maximum atomic E-state index is 13.7. The van der Waals surface area contributed by atoms with E-state index in [9.17, 15) is 15.0 Å². The molecule has 3 saturated heterocycles. The van der Waals surface area contributed by atoms with E-state index in [1.807, 2.05) is 25.7 Å². The largest absolute Gasteiger partial charge is 0.393 e. The first-order chi connectivity index (χ1) is 12.1. The minimum Gasteiger partial charge on any atom is -0.393 e. The predicted molar refractivity (Wildman–Crippen MR) is 94.3 cm³/mol. The van der Waals surface area contributed by atoms with E-state index in [0.29, 0.717) is 45.3 Å². The molecule has 26 heavy (non-hydrogen) atoms. The molecule has 0 radical (unpaired) electrons. The number of piperidine rings is 2. The molecular formula is C19H32N2O5. The molecular weight excluding hydrogens is 336 g/mol. The van der Waals surface area contributed by atoms with Gasteiger partial charge in [0.2, 0.25) is 5.91 Å². The highest BCUT2D eigenvalue weighted by Crippen LogP contribution is 2.61. The molecule has 5 atom stereocenters. The van der Waals surface area contributed by atoms with Crippen molar-refractivity contribution >= 4 is 5.91 Å². The third-order valence-corrected chi connectivity index (χ3v) is 7.86. The lowest BCUT2D eigenvalue weighted by atomic mass is 9.49. The van der Waals surface area contributed by atoms with Crippen LogP contribution in [0.25, 0.3) is 0 Å². The maximum absolute atomic E-state index is 13.7. The lowest BCUT2D eigenvalue weighted by Gasteiger charge is -2.68. The molecule has 148 valence electrons. The van der Waals surface area contributed by atoms with Gasteiger partial charge >= 0.3 is 0 Å². The van der Waals surface area contributed by atoms with Gasteiger partial charge in [0.15, 0.2) is 5.79 Å². The van der Waals surface area contributed by atoms with E-state index >= 15 is 0 Å². The van der Waals surface area contributed by atoms with Crippen LogP contribution in [0.5, 0.6) is 0 Å². The third kappa shape index (κ3) is 1.98. The highest BCUT2D eigenvalue weighted by molar-refractivity contribution is 5.90. The molecule has 1 aliphatic carbocycles. The van der Waals surface area contributed by atoms with E-state index in [2.05, 4.69) is 5.32 Å². The van der Waals surface area contributed by atoms with Crippen LogP contribution in [-0.2, 0) is 14.3 Å². The highest BCUT2D eigenvalue weighted by atomic mass is 16.7. The van der Waals surface area contributed by atoms with E-state index in [1.165, 1.54) is 0 Å². The topological polar surface area (TPSA) is 91.3 Å². The number of carbonyl (C=O) groups is 1. The van der Waals surface area contributed by atoms with Gasteiger partial charge in [0.25, 0.3) is 0 Å². The number of hydrogen-bond donors (Lipinski definition) is 3. The van der Waals surface area contributed by atoms with Crippen molar-refractivity contribution in [3.63, 3.8) is 0 Å². The zero-order chi connectivity index (χ0) is 19.0. The van der Waals surface area contributed by atoms with Crippen molar-refractivity contribution in [2.45, 2.75) is 88.0 Å². The number of aliphatic hydroxyl groups excluding tert-OH is 1. The van der Waals surface area contributed by atoms with Crippen LogP contribution in [0.3, 0.4) is 0 Å². The average Bonchev–Trinajstić information content (AvgIpc) is 3.03. The molecule has 3 aliphatic heterocycles. The van der Waals surface area contributed by atoms with E-state index < -0.39 is 28.4 Å². The molecule has 3 heterocycles. The monoisotopic (exact) mass is 368 g/mol. The van der Waals surface area contributed by atoms with Crippen molar-refractivity contribution in [2.75, 3.05) is 20.3 Å². The molecule has 4 aliphatic rings. The molecule has 7 nitrogen and oxygen atoms in total. The average molecular weight is 368 g/mol. The molecule has 7 heteroatoms. The minimum atomic E-state index is -1.34. The zero-order valence-electron chi connectivity index (χ0n) is 16.2. The summed E-state index contributed by atoms with van der Waals surface area (Å²) in [5.74, 6) is -0.928. The fourth-order valence-corrected chi connectivity index (χ4v) is 6.33. The maximum Gasteiger partial charge on any atom is 0.246 e. The molecule has 1 spiro atoms. The Balaban J connectivity index is 1.82. The first-order valence-electron chi connectivity index (χ1n) is 9.84. The highest BCUT2D eigenvalue weighted by Gasteiger charge is 2.76. The van der Waals surface area contributed by atoms with Crippen molar-refractivity contribution in [1.82, 2.24) is 10.2 Å². The van der Waals surface area contributed by atoms with Crippen LogP contribution < -0.4 is 5.32 Å². The summed E-state index contributed by atoms with van der Waals surface area (Å²) in [5, 5.41) is 25.6. The van der Waals surface area contributed by atoms with E-state index in [0.717, 1.165) is 0 Å². The number of fused-ring (bicyclic) bond motifs is 2. The second kappa shape index (κ2) is 5.64. The van der Waals surface area contributed by atoms with Gasteiger partial charge in [-0.3, -0.25) is 4.79 Å². The first-order valence-corrected chi connectivity index (χ1v) is 9.84. The Kier molecular flexibility index (Phi) is 4.04. The summed E-state index contributed by atoms with van der Waals surface area (Å²) < 4.78 is 12.1. The lowest BCUT2D eigenvalue weighted by Crippen LogP contribution is -2.85. The summed E-state index contributed by atoms with van der Waals surface area (Å²) in [6, 6.07) is -0.215. The SMILES string of the molecule is CN[C@]12CCC3(OCCO3)C(C)(C)[C@]1(O)C[C@@H]1C[C@@H](O)C[C@@H](C)N1C2=O. The molecule has 1 amide bonds. The fraction of sp³-hybridized carbons (Fsp3) is 0.947. The molecule has 4 fully saturated rings. The molecule has 0 aromatic heterocycles. The van der Waals surface area contributed by atoms with Crippen molar-refractivity contribution in [2.24, 2.45) is 5.41 Å².